The van der Waals surface area contributed by atoms with E-state index in [0.717, 1.165) is 0 Å². The van der Waals surface area contributed by atoms with Crippen LogP contribution < -0.4 is 0 Å². The third kappa shape index (κ3) is 3.37. The minimum atomic E-state index is -0.551. The Morgan fingerprint density at radius 2 is 1.88 bits per heavy atom. The maximum absolute atomic E-state index is 11.8. The van der Waals surface area contributed by atoms with Crippen molar-refractivity contribution in [2.45, 2.75) is 46.6 Å². The van der Waals surface area contributed by atoms with E-state index in [1.54, 1.807) is 20.8 Å². The molecule has 1 saturated heterocycles. The molecule has 0 aliphatic carbocycles. The molecule has 1 aliphatic rings. The molecule has 1 rings (SSSR count). The molecule has 0 spiro atoms. The summed E-state index contributed by atoms with van der Waals surface area (Å²) in [5.74, 6) is -0.142. The molecule has 1 aliphatic heterocycles. The maximum atomic E-state index is 11.8. The minimum absolute atomic E-state index is 0. The standard InChI is InChI=1S/C11H19NO3.ClH/c1-10(2,3)15-9(14)12-7-6-11(4,5)8(12)13;/h6-7H2,1-5H3;1H. The van der Waals surface area contributed by atoms with Crippen molar-refractivity contribution in [3.8, 4) is 0 Å². The molecule has 0 aromatic carbocycles. The number of likely N-dealkylation sites (tertiary alicyclic amines) is 1. The second-order valence-electron chi connectivity index (χ2n) is 5.57. The summed E-state index contributed by atoms with van der Waals surface area (Å²) in [6.45, 7) is 9.52. The highest BCUT2D eigenvalue weighted by Crippen LogP contribution is 2.31. The Morgan fingerprint density at radius 1 is 1.38 bits per heavy atom. The van der Waals surface area contributed by atoms with E-state index in [-0.39, 0.29) is 18.3 Å². The molecule has 94 valence electrons. The molecule has 0 N–H and O–H groups in total. The van der Waals surface area contributed by atoms with E-state index >= 15 is 0 Å². The van der Waals surface area contributed by atoms with Gasteiger partial charge in [-0.2, -0.15) is 0 Å². The Labute approximate surface area is 103 Å². The Bertz CT molecular complexity index is 294. The van der Waals surface area contributed by atoms with Crippen LogP contribution in [0, 0.1) is 5.41 Å². The van der Waals surface area contributed by atoms with Crippen LogP contribution in [0.4, 0.5) is 4.79 Å². The van der Waals surface area contributed by atoms with Gasteiger partial charge in [-0.3, -0.25) is 4.79 Å². The number of hydrogen-bond donors (Lipinski definition) is 0. The highest BCUT2D eigenvalue weighted by Gasteiger charge is 2.43. The summed E-state index contributed by atoms with van der Waals surface area (Å²) in [6, 6.07) is 0. The van der Waals surface area contributed by atoms with E-state index in [1.165, 1.54) is 4.90 Å². The third-order valence-corrected chi connectivity index (χ3v) is 2.40. The molecule has 16 heavy (non-hydrogen) atoms. The van der Waals surface area contributed by atoms with Crippen LogP contribution in [-0.4, -0.2) is 29.0 Å². The van der Waals surface area contributed by atoms with E-state index in [9.17, 15) is 9.59 Å². The topological polar surface area (TPSA) is 46.6 Å². The lowest BCUT2D eigenvalue weighted by Crippen LogP contribution is -2.40. The van der Waals surface area contributed by atoms with Crippen molar-refractivity contribution < 1.29 is 14.3 Å². The number of ether oxygens (including phenoxy) is 1. The van der Waals surface area contributed by atoms with Gasteiger partial charge in [0, 0.05) is 12.0 Å². The van der Waals surface area contributed by atoms with E-state index in [4.69, 9.17) is 4.74 Å². The van der Waals surface area contributed by atoms with Crippen molar-refractivity contribution in [1.82, 2.24) is 4.90 Å². The second-order valence-corrected chi connectivity index (χ2v) is 5.57. The Morgan fingerprint density at radius 3 is 2.19 bits per heavy atom. The molecule has 0 saturated carbocycles. The lowest BCUT2D eigenvalue weighted by Gasteiger charge is -2.24. The molecule has 1 fully saturated rings. The third-order valence-electron chi connectivity index (χ3n) is 2.40. The van der Waals surface area contributed by atoms with Crippen LogP contribution >= 0.6 is 12.4 Å². The fourth-order valence-electron chi connectivity index (χ4n) is 1.46. The summed E-state index contributed by atoms with van der Waals surface area (Å²) in [6.07, 6.45) is 0.170. The van der Waals surface area contributed by atoms with Crippen molar-refractivity contribution in [1.29, 1.82) is 0 Å². The summed E-state index contributed by atoms with van der Waals surface area (Å²) in [4.78, 5) is 24.6. The first-order valence-corrected chi connectivity index (χ1v) is 5.18. The predicted octanol–water partition coefficient (Wildman–Crippen LogP) is 2.60. The molecule has 0 radical (unpaired) electrons. The van der Waals surface area contributed by atoms with Crippen molar-refractivity contribution in [3.05, 3.63) is 0 Å². The number of nitrogens with zero attached hydrogens (tertiary/aromatic N) is 1. The van der Waals surface area contributed by atoms with Crippen molar-refractivity contribution >= 4 is 24.4 Å². The molecule has 0 aromatic rings. The second kappa shape index (κ2) is 4.62. The average molecular weight is 250 g/mol. The van der Waals surface area contributed by atoms with Crippen LogP contribution in [0.15, 0.2) is 0 Å². The van der Waals surface area contributed by atoms with Crippen LogP contribution in [0.5, 0.6) is 0 Å². The maximum Gasteiger partial charge on any atom is 0.417 e. The highest BCUT2D eigenvalue weighted by molar-refractivity contribution is 5.96. The zero-order valence-corrected chi connectivity index (χ0v) is 11.3. The van der Waals surface area contributed by atoms with E-state index in [2.05, 4.69) is 0 Å². The van der Waals surface area contributed by atoms with Gasteiger partial charge < -0.3 is 4.74 Å². The largest absolute Gasteiger partial charge is 0.443 e. The van der Waals surface area contributed by atoms with Gasteiger partial charge in [-0.1, -0.05) is 13.8 Å². The first kappa shape index (κ1) is 15.2. The van der Waals surface area contributed by atoms with Crippen LogP contribution in [0.2, 0.25) is 0 Å². The highest BCUT2D eigenvalue weighted by atomic mass is 35.5. The Hall–Kier alpha value is -0.770. The van der Waals surface area contributed by atoms with Crippen LogP contribution in [0.3, 0.4) is 0 Å². The summed E-state index contributed by atoms with van der Waals surface area (Å²) in [5, 5.41) is 0. The predicted molar refractivity (Wildman–Crippen MR) is 63.6 cm³/mol. The fourth-order valence-corrected chi connectivity index (χ4v) is 1.46. The van der Waals surface area contributed by atoms with E-state index in [0.29, 0.717) is 13.0 Å². The quantitative estimate of drug-likeness (QED) is 0.663. The summed E-state index contributed by atoms with van der Waals surface area (Å²) in [5.41, 5.74) is -0.985. The summed E-state index contributed by atoms with van der Waals surface area (Å²) in [7, 11) is 0. The van der Waals surface area contributed by atoms with E-state index < -0.39 is 17.1 Å². The van der Waals surface area contributed by atoms with Crippen molar-refractivity contribution in [2.75, 3.05) is 6.54 Å². The molecule has 4 nitrogen and oxygen atoms in total. The molecule has 0 bridgehead atoms. The van der Waals surface area contributed by atoms with Gasteiger partial charge in [0.2, 0.25) is 5.91 Å². The van der Waals surface area contributed by atoms with Gasteiger partial charge >= 0.3 is 6.09 Å². The summed E-state index contributed by atoms with van der Waals surface area (Å²) < 4.78 is 5.15. The van der Waals surface area contributed by atoms with Crippen LogP contribution in [0.25, 0.3) is 0 Å². The van der Waals surface area contributed by atoms with Gasteiger partial charge in [0.05, 0.1) is 0 Å². The minimum Gasteiger partial charge on any atom is -0.443 e. The number of amides is 2. The Kier molecular flexibility index (Phi) is 4.39. The van der Waals surface area contributed by atoms with E-state index in [1.807, 2.05) is 13.8 Å². The normalized spacial score (nSPS) is 19.3. The molecule has 5 heteroatoms. The number of hydrogen-bond acceptors (Lipinski definition) is 3. The lowest BCUT2D eigenvalue weighted by atomic mass is 9.92. The smallest absolute Gasteiger partial charge is 0.417 e. The van der Waals surface area contributed by atoms with Crippen molar-refractivity contribution in [2.24, 2.45) is 5.41 Å². The zero-order chi connectivity index (χ0) is 11.9. The van der Waals surface area contributed by atoms with Crippen LogP contribution in [0.1, 0.15) is 41.0 Å². The van der Waals surface area contributed by atoms with Gasteiger partial charge in [0.1, 0.15) is 5.60 Å². The first-order chi connectivity index (χ1) is 6.63. The number of imide groups is 1. The zero-order valence-electron chi connectivity index (χ0n) is 10.5. The molecular weight excluding hydrogens is 230 g/mol. The number of rotatable bonds is 0. The van der Waals surface area contributed by atoms with Gasteiger partial charge in [0.25, 0.3) is 0 Å². The molecule has 2 amide bonds. The number of halogens is 1. The van der Waals surface area contributed by atoms with Crippen LogP contribution in [-0.2, 0) is 9.53 Å². The Balaban J connectivity index is 0.00000225. The fraction of sp³-hybridized carbons (Fsp3) is 0.818. The average Bonchev–Trinajstić information content (AvgIpc) is 2.24. The molecule has 0 aromatic heterocycles. The monoisotopic (exact) mass is 249 g/mol. The van der Waals surface area contributed by atoms with Gasteiger partial charge in [-0.25, -0.2) is 9.69 Å². The number of carbonyl (C=O) groups excluding carboxylic acids is 2. The lowest BCUT2D eigenvalue weighted by molar-refractivity contribution is -0.133. The first-order valence-electron chi connectivity index (χ1n) is 5.18. The van der Waals surface area contributed by atoms with Gasteiger partial charge in [-0.05, 0) is 27.2 Å². The molecule has 0 atom stereocenters. The number of carbonyl (C=O) groups is 2. The SMILES string of the molecule is CC(C)(C)OC(=O)N1CCC(C)(C)C1=O.Cl. The van der Waals surface area contributed by atoms with Gasteiger partial charge in [0.15, 0.2) is 0 Å². The van der Waals surface area contributed by atoms with Crippen molar-refractivity contribution in [3.63, 3.8) is 0 Å². The molecule has 1 heterocycles. The molecule has 0 unspecified atom stereocenters. The summed E-state index contributed by atoms with van der Waals surface area (Å²) >= 11 is 0. The van der Waals surface area contributed by atoms with Gasteiger partial charge in [-0.15, -0.1) is 12.4 Å². The molecular formula is C11H20ClNO3.